The molecule has 1 saturated heterocycles. The van der Waals surface area contributed by atoms with Crippen LogP contribution in [0.3, 0.4) is 0 Å². The summed E-state index contributed by atoms with van der Waals surface area (Å²) in [5.74, 6) is 2.64. The van der Waals surface area contributed by atoms with Gasteiger partial charge in [-0.25, -0.2) is 0 Å². The van der Waals surface area contributed by atoms with Crippen molar-refractivity contribution in [2.24, 2.45) is 34.5 Å². The van der Waals surface area contributed by atoms with E-state index in [0.717, 1.165) is 64.5 Å². The molecule has 5 aliphatic rings. The minimum Gasteiger partial charge on any atom is -0.377 e. The van der Waals surface area contributed by atoms with Crippen LogP contribution < -0.4 is 0 Å². The average molecular weight is 402 g/mol. The molecule has 0 amide bonds. The molecule has 0 aromatic rings. The fourth-order valence-electron chi connectivity index (χ4n) is 8.28. The highest BCUT2D eigenvalue weighted by atomic mass is 16.5. The SMILES string of the molecule is C[C@]12CC[C@H](OCCN3CCCC3)C[C@@H]1C(=O)C[C@@H]1[C@@H]2CC[C@]2(C)C(=O)CC[C@@H]12. The summed E-state index contributed by atoms with van der Waals surface area (Å²) in [7, 11) is 0. The first-order valence-corrected chi connectivity index (χ1v) is 12.3. The van der Waals surface area contributed by atoms with E-state index in [9.17, 15) is 9.59 Å². The van der Waals surface area contributed by atoms with Gasteiger partial charge in [0, 0.05) is 30.7 Å². The van der Waals surface area contributed by atoms with E-state index in [2.05, 4.69) is 18.7 Å². The van der Waals surface area contributed by atoms with Crippen molar-refractivity contribution in [3.05, 3.63) is 0 Å². The van der Waals surface area contributed by atoms with Crippen molar-refractivity contribution in [2.75, 3.05) is 26.2 Å². The zero-order valence-corrected chi connectivity index (χ0v) is 18.5. The largest absolute Gasteiger partial charge is 0.377 e. The summed E-state index contributed by atoms with van der Waals surface area (Å²) < 4.78 is 6.28. The van der Waals surface area contributed by atoms with E-state index >= 15 is 0 Å². The molecule has 4 aliphatic carbocycles. The van der Waals surface area contributed by atoms with Gasteiger partial charge in [-0.15, -0.1) is 0 Å². The Balaban J connectivity index is 1.25. The van der Waals surface area contributed by atoms with Crippen molar-refractivity contribution >= 4 is 11.6 Å². The maximum Gasteiger partial charge on any atom is 0.139 e. The monoisotopic (exact) mass is 401 g/mol. The van der Waals surface area contributed by atoms with Gasteiger partial charge in [-0.2, -0.15) is 0 Å². The van der Waals surface area contributed by atoms with Gasteiger partial charge in [0.15, 0.2) is 0 Å². The standard InChI is InChI=1S/C25H39NO3/c1-24-9-7-17(29-14-13-26-11-3-4-12-26)15-21(24)22(27)16-18-19-5-6-23(28)25(19,2)10-8-20(18)24/h17-21H,3-16H2,1-2H3/t17-,18-,19-,20-,21+,24+,25-/m0/s1. The van der Waals surface area contributed by atoms with E-state index in [1.165, 1.54) is 25.9 Å². The molecular weight excluding hydrogens is 362 g/mol. The molecule has 0 N–H and O–H groups in total. The number of hydrogen-bond acceptors (Lipinski definition) is 4. The Hall–Kier alpha value is -0.740. The second-order valence-electron chi connectivity index (χ2n) is 11.3. The number of carbonyl (C=O) groups is 2. The summed E-state index contributed by atoms with van der Waals surface area (Å²) >= 11 is 0. The number of fused-ring (bicyclic) bond motifs is 5. The Labute approximate surface area is 176 Å². The Bertz CT molecular complexity index is 671. The third-order valence-corrected chi connectivity index (χ3v) is 10.1. The molecule has 1 heterocycles. The third kappa shape index (κ3) is 3.24. The van der Waals surface area contributed by atoms with Gasteiger partial charge in [0.05, 0.1) is 12.7 Å². The van der Waals surface area contributed by atoms with Crippen LogP contribution in [0, 0.1) is 34.5 Å². The zero-order chi connectivity index (χ0) is 20.2. The van der Waals surface area contributed by atoms with Crippen LogP contribution in [0.25, 0.3) is 0 Å². The normalized spacial score (nSPS) is 47.7. The predicted molar refractivity (Wildman–Crippen MR) is 113 cm³/mol. The quantitative estimate of drug-likeness (QED) is 0.706. The molecule has 5 fully saturated rings. The van der Waals surface area contributed by atoms with Crippen molar-refractivity contribution < 1.29 is 14.3 Å². The lowest BCUT2D eigenvalue weighted by Gasteiger charge is -2.59. The maximum atomic E-state index is 13.3. The molecule has 0 radical (unpaired) electrons. The van der Waals surface area contributed by atoms with Gasteiger partial charge in [-0.1, -0.05) is 13.8 Å². The van der Waals surface area contributed by atoms with Crippen molar-refractivity contribution in [1.29, 1.82) is 0 Å². The van der Waals surface area contributed by atoms with E-state index in [0.29, 0.717) is 29.3 Å². The number of likely N-dealkylation sites (tertiary alicyclic amines) is 1. The van der Waals surface area contributed by atoms with Crippen molar-refractivity contribution in [3.63, 3.8) is 0 Å². The fraction of sp³-hybridized carbons (Fsp3) is 0.920. The Morgan fingerprint density at radius 1 is 1.03 bits per heavy atom. The van der Waals surface area contributed by atoms with Gasteiger partial charge >= 0.3 is 0 Å². The molecule has 5 rings (SSSR count). The maximum absolute atomic E-state index is 13.3. The molecule has 4 heteroatoms. The van der Waals surface area contributed by atoms with E-state index in [-0.39, 0.29) is 22.9 Å². The summed E-state index contributed by atoms with van der Waals surface area (Å²) in [5, 5.41) is 0. The molecule has 4 saturated carbocycles. The van der Waals surface area contributed by atoms with Crippen LogP contribution in [0.1, 0.15) is 78.1 Å². The van der Waals surface area contributed by atoms with E-state index in [4.69, 9.17) is 4.74 Å². The number of carbonyl (C=O) groups excluding carboxylic acids is 2. The number of ether oxygens (including phenoxy) is 1. The number of ketones is 2. The third-order valence-electron chi connectivity index (χ3n) is 10.1. The molecule has 162 valence electrons. The second-order valence-corrected chi connectivity index (χ2v) is 11.3. The summed E-state index contributed by atoms with van der Waals surface area (Å²) in [6.07, 6.45) is 10.7. The molecule has 0 spiro atoms. The van der Waals surface area contributed by atoms with Gasteiger partial charge in [0.2, 0.25) is 0 Å². The van der Waals surface area contributed by atoms with Gasteiger partial charge in [0.1, 0.15) is 11.6 Å². The van der Waals surface area contributed by atoms with Gasteiger partial charge in [-0.05, 0) is 87.6 Å². The van der Waals surface area contributed by atoms with E-state index in [1.54, 1.807) is 0 Å². The van der Waals surface area contributed by atoms with Crippen LogP contribution in [0.4, 0.5) is 0 Å². The van der Waals surface area contributed by atoms with Crippen LogP contribution >= 0.6 is 0 Å². The van der Waals surface area contributed by atoms with Crippen LogP contribution in [0.2, 0.25) is 0 Å². The minimum atomic E-state index is -0.138. The molecular formula is C25H39NO3. The molecule has 0 bridgehead atoms. The zero-order valence-electron chi connectivity index (χ0n) is 18.5. The molecule has 0 unspecified atom stereocenters. The average Bonchev–Trinajstić information content (AvgIpc) is 3.31. The Morgan fingerprint density at radius 3 is 2.62 bits per heavy atom. The number of rotatable bonds is 4. The molecule has 1 aliphatic heterocycles. The molecule has 4 nitrogen and oxygen atoms in total. The number of hydrogen-bond donors (Lipinski definition) is 0. The lowest BCUT2D eigenvalue weighted by atomic mass is 9.45. The summed E-state index contributed by atoms with van der Waals surface area (Å²) in [6.45, 7) is 8.92. The van der Waals surface area contributed by atoms with Crippen LogP contribution in [0.15, 0.2) is 0 Å². The van der Waals surface area contributed by atoms with Crippen molar-refractivity contribution in [1.82, 2.24) is 4.90 Å². The highest BCUT2D eigenvalue weighted by Gasteiger charge is 2.62. The van der Waals surface area contributed by atoms with Crippen LogP contribution in [-0.4, -0.2) is 48.8 Å². The van der Waals surface area contributed by atoms with Crippen molar-refractivity contribution in [2.45, 2.75) is 84.2 Å². The summed E-state index contributed by atoms with van der Waals surface area (Å²) in [6, 6.07) is 0. The van der Waals surface area contributed by atoms with Crippen LogP contribution in [-0.2, 0) is 14.3 Å². The predicted octanol–water partition coefficient (Wildman–Crippen LogP) is 4.26. The van der Waals surface area contributed by atoms with Gasteiger partial charge in [-0.3, -0.25) is 9.59 Å². The Morgan fingerprint density at radius 2 is 1.83 bits per heavy atom. The lowest BCUT2D eigenvalue weighted by Crippen LogP contribution is -2.57. The topological polar surface area (TPSA) is 46.6 Å². The summed E-state index contributed by atoms with van der Waals surface area (Å²) in [4.78, 5) is 28.4. The van der Waals surface area contributed by atoms with Gasteiger partial charge in [0.25, 0.3) is 0 Å². The Kier molecular flexibility index (Phi) is 5.18. The highest BCUT2D eigenvalue weighted by molar-refractivity contribution is 5.88. The number of nitrogens with zero attached hydrogens (tertiary/aromatic N) is 1. The fourth-order valence-corrected chi connectivity index (χ4v) is 8.28. The van der Waals surface area contributed by atoms with E-state index < -0.39 is 0 Å². The van der Waals surface area contributed by atoms with E-state index in [1.807, 2.05) is 0 Å². The van der Waals surface area contributed by atoms with Crippen LogP contribution in [0.5, 0.6) is 0 Å². The molecule has 29 heavy (non-hydrogen) atoms. The first kappa shape index (κ1) is 20.2. The minimum absolute atomic E-state index is 0.127. The molecule has 0 aromatic heterocycles. The second kappa shape index (κ2) is 7.44. The number of Topliss-reactive ketones (excluding diaryl/α,β-unsaturated/α-hetero) is 2. The first-order valence-electron chi connectivity index (χ1n) is 12.3. The molecule has 7 atom stereocenters. The smallest absolute Gasteiger partial charge is 0.139 e. The summed E-state index contributed by atoms with van der Waals surface area (Å²) in [5.41, 5.74) is -0.0116. The highest BCUT2D eigenvalue weighted by Crippen LogP contribution is 2.64. The molecule has 0 aromatic carbocycles. The lowest BCUT2D eigenvalue weighted by molar-refractivity contribution is -0.163. The van der Waals surface area contributed by atoms with Gasteiger partial charge < -0.3 is 9.64 Å². The van der Waals surface area contributed by atoms with Crippen molar-refractivity contribution in [3.8, 4) is 0 Å². The first-order chi connectivity index (χ1) is 13.9.